The first-order valence-electron chi connectivity index (χ1n) is 6.74. The first-order valence-corrected chi connectivity index (χ1v) is 6.74. The topological polar surface area (TPSA) is 79.4 Å². The summed E-state index contributed by atoms with van der Waals surface area (Å²) in [5, 5.41) is 2.66. The Bertz CT molecular complexity index is 592. The van der Waals surface area contributed by atoms with E-state index in [1.54, 1.807) is 52.2 Å². The molecule has 2 heterocycles. The summed E-state index contributed by atoms with van der Waals surface area (Å²) >= 11 is 0. The Labute approximate surface area is 123 Å². The molecule has 1 aromatic heterocycles. The number of aromatic nitrogens is 1. The van der Waals surface area contributed by atoms with Gasteiger partial charge in [0.25, 0.3) is 5.91 Å². The van der Waals surface area contributed by atoms with Gasteiger partial charge in [-0.1, -0.05) is 20.8 Å². The maximum absolute atomic E-state index is 12.6. The minimum absolute atomic E-state index is 0.162. The number of urea groups is 1. The summed E-state index contributed by atoms with van der Waals surface area (Å²) in [6, 6.07) is 2.80. The molecule has 6 nitrogen and oxygen atoms in total. The number of amides is 3. The molecule has 0 aliphatic carbocycles. The number of hydrogen-bond donors (Lipinski definition) is 1. The molecule has 0 spiro atoms. The SMILES string of the molecule is CC(C)(C)C(=O)CN1C(=O)NC(C)(c2ccncc2)C1=O. The van der Waals surface area contributed by atoms with Gasteiger partial charge in [-0.3, -0.25) is 19.5 Å². The lowest BCUT2D eigenvalue weighted by Gasteiger charge is -2.23. The van der Waals surface area contributed by atoms with Crippen molar-refractivity contribution in [3.05, 3.63) is 30.1 Å². The Hall–Kier alpha value is -2.24. The third kappa shape index (κ3) is 2.66. The second kappa shape index (κ2) is 4.95. The number of nitrogens with zero attached hydrogens (tertiary/aromatic N) is 2. The highest BCUT2D eigenvalue weighted by Gasteiger charge is 2.49. The number of ketones is 1. The summed E-state index contributed by atoms with van der Waals surface area (Å²) < 4.78 is 0. The van der Waals surface area contributed by atoms with Gasteiger partial charge in [-0.2, -0.15) is 0 Å². The van der Waals surface area contributed by atoms with Crippen LogP contribution in [0.2, 0.25) is 0 Å². The Morgan fingerprint density at radius 3 is 2.38 bits per heavy atom. The maximum Gasteiger partial charge on any atom is 0.325 e. The Morgan fingerprint density at radius 1 is 1.29 bits per heavy atom. The minimum atomic E-state index is -1.15. The van der Waals surface area contributed by atoms with Crippen molar-refractivity contribution in [3.63, 3.8) is 0 Å². The van der Waals surface area contributed by atoms with Gasteiger partial charge in [0.1, 0.15) is 5.54 Å². The van der Waals surface area contributed by atoms with E-state index in [2.05, 4.69) is 10.3 Å². The quantitative estimate of drug-likeness (QED) is 0.854. The number of hydrogen-bond acceptors (Lipinski definition) is 4. The largest absolute Gasteiger partial charge is 0.325 e. The second-order valence-electron chi connectivity index (χ2n) is 6.36. The van der Waals surface area contributed by atoms with E-state index in [9.17, 15) is 14.4 Å². The average molecular weight is 289 g/mol. The highest BCUT2D eigenvalue weighted by Crippen LogP contribution is 2.29. The Morgan fingerprint density at radius 2 is 1.86 bits per heavy atom. The monoisotopic (exact) mass is 289 g/mol. The molecule has 1 aromatic rings. The molecule has 0 aromatic carbocycles. The van der Waals surface area contributed by atoms with Crippen molar-refractivity contribution >= 4 is 17.7 Å². The number of imide groups is 1. The summed E-state index contributed by atoms with van der Waals surface area (Å²) in [5.41, 5.74) is -1.12. The molecule has 1 N–H and O–H groups in total. The maximum atomic E-state index is 12.6. The molecule has 1 fully saturated rings. The van der Waals surface area contributed by atoms with Crippen molar-refractivity contribution in [1.82, 2.24) is 15.2 Å². The van der Waals surface area contributed by atoms with Gasteiger partial charge in [0.2, 0.25) is 0 Å². The standard InChI is InChI=1S/C15H19N3O3/c1-14(2,3)11(19)9-18-12(20)15(4,17-13(18)21)10-5-7-16-8-6-10/h5-8H,9H2,1-4H3,(H,17,21). The lowest BCUT2D eigenvalue weighted by atomic mass is 9.90. The van der Waals surface area contributed by atoms with Gasteiger partial charge < -0.3 is 5.32 Å². The number of pyridine rings is 1. The van der Waals surface area contributed by atoms with E-state index < -0.39 is 22.9 Å². The van der Waals surface area contributed by atoms with Crippen LogP contribution in [0.5, 0.6) is 0 Å². The van der Waals surface area contributed by atoms with Crippen LogP contribution in [0.25, 0.3) is 0 Å². The molecule has 1 saturated heterocycles. The van der Waals surface area contributed by atoms with Crippen LogP contribution >= 0.6 is 0 Å². The molecule has 21 heavy (non-hydrogen) atoms. The van der Waals surface area contributed by atoms with Crippen molar-refractivity contribution in [3.8, 4) is 0 Å². The Balaban J connectivity index is 2.27. The van der Waals surface area contributed by atoms with Gasteiger partial charge in [-0.05, 0) is 24.6 Å². The molecule has 3 amide bonds. The van der Waals surface area contributed by atoms with Crippen LogP contribution in [0.1, 0.15) is 33.3 Å². The molecule has 2 rings (SSSR count). The van der Waals surface area contributed by atoms with Crippen molar-refractivity contribution in [1.29, 1.82) is 0 Å². The van der Waals surface area contributed by atoms with E-state index in [-0.39, 0.29) is 12.3 Å². The molecule has 0 radical (unpaired) electrons. The lowest BCUT2D eigenvalue weighted by molar-refractivity contribution is -0.136. The van der Waals surface area contributed by atoms with Crippen LogP contribution < -0.4 is 5.32 Å². The fourth-order valence-corrected chi connectivity index (χ4v) is 2.10. The smallest absolute Gasteiger partial charge is 0.319 e. The van der Waals surface area contributed by atoms with E-state index >= 15 is 0 Å². The molecule has 0 bridgehead atoms. The van der Waals surface area contributed by atoms with E-state index in [4.69, 9.17) is 0 Å². The molecular weight excluding hydrogens is 270 g/mol. The number of rotatable bonds is 3. The van der Waals surface area contributed by atoms with Crippen LogP contribution in [-0.2, 0) is 15.1 Å². The number of nitrogens with one attached hydrogen (secondary N) is 1. The third-order valence-corrected chi connectivity index (χ3v) is 3.67. The number of Topliss-reactive ketones (excluding diaryl/α,β-unsaturated/α-hetero) is 1. The van der Waals surface area contributed by atoms with E-state index in [1.807, 2.05) is 0 Å². The van der Waals surface area contributed by atoms with E-state index in [0.29, 0.717) is 5.56 Å². The van der Waals surface area contributed by atoms with Crippen molar-refractivity contribution < 1.29 is 14.4 Å². The summed E-state index contributed by atoms with van der Waals surface area (Å²) in [7, 11) is 0. The molecule has 1 atom stereocenters. The lowest BCUT2D eigenvalue weighted by Crippen LogP contribution is -2.42. The fraction of sp³-hybridized carbons (Fsp3) is 0.467. The molecule has 1 aliphatic heterocycles. The summed E-state index contributed by atoms with van der Waals surface area (Å²) in [5.74, 6) is -0.582. The Kier molecular flexibility index (Phi) is 3.57. The summed E-state index contributed by atoms with van der Waals surface area (Å²) in [6.07, 6.45) is 3.12. The van der Waals surface area contributed by atoms with Crippen LogP contribution in [0.3, 0.4) is 0 Å². The zero-order valence-electron chi connectivity index (χ0n) is 12.6. The predicted octanol–water partition coefficient (Wildman–Crippen LogP) is 1.46. The molecule has 0 saturated carbocycles. The van der Waals surface area contributed by atoms with Crippen LogP contribution in [-0.4, -0.2) is 34.2 Å². The van der Waals surface area contributed by atoms with Crippen molar-refractivity contribution in [2.75, 3.05) is 6.54 Å². The van der Waals surface area contributed by atoms with E-state index in [0.717, 1.165) is 4.90 Å². The molecule has 1 aliphatic rings. The van der Waals surface area contributed by atoms with Crippen LogP contribution in [0, 0.1) is 5.41 Å². The molecular formula is C15H19N3O3. The van der Waals surface area contributed by atoms with Crippen molar-refractivity contribution in [2.45, 2.75) is 33.2 Å². The fourth-order valence-electron chi connectivity index (χ4n) is 2.10. The minimum Gasteiger partial charge on any atom is -0.319 e. The van der Waals surface area contributed by atoms with Gasteiger partial charge in [-0.15, -0.1) is 0 Å². The van der Waals surface area contributed by atoms with Gasteiger partial charge in [0, 0.05) is 17.8 Å². The average Bonchev–Trinajstić information content (AvgIpc) is 2.63. The zero-order valence-corrected chi connectivity index (χ0v) is 12.6. The molecule has 112 valence electrons. The van der Waals surface area contributed by atoms with E-state index in [1.165, 1.54) is 0 Å². The van der Waals surface area contributed by atoms with Crippen molar-refractivity contribution in [2.24, 2.45) is 5.41 Å². The predicted molar refractivity (Wildman–Crippen MR) is 76.3 cm³/mol. The summed E-state index contributed by atoms with van der Waals surface area (Å²) in [6.45, 7) is 6.69. The number of carbonyl (C=O) groups is 3. The normalized spacial score (nSPS) is 22.4. The zero-order chi connectivity index (χ0) is 15.8. The number of carbonyl (C=O) groups excluding carboxylic acids is 3. The van der Waals surface area contributed by atoms with Crippen LogP contribution in [0.4, 0.5) is 4.79 Å². The first kappa shape index (κ1) is 15.2. The molecule has 1 unspecified atom stereocenters. The van der Waals surface area contributed by atoms with Crippen LogP contribution in [0.15, 0.2) is 24.5 Å². The van der Waals surface area contributed by atoms with Gasteiger partial charge >= 0.3 is 6.03 Å². The summed E-state index contributed by atoms with van der Waals surface area (Å²) in [4.78, 5) is 41.6. The third-order valence-electron chi connectivity index (χ3n) is 3.67. The highest BCUT2D eigenvalue weighted by atomic mass is 16.2. The van der Waals surface area contributed by atoms with Gasteiger partial charge in [0.15, 0.2) is 5.78 Å². The first-order chi connectivity index (χ1) is 9.66. The van der Waals surface area contributed by atoms with Gasteiger partial charge in [0.05, 0.1) is 6.54 Å². The highest BCUT2D eigenvalue weighted by molar-refractivity contribution is 6.09. The van der Waals surface area contributed by atoms with Gasteiger partial charge in [-0.25, -0.2) is 4.79 Å². The molecule has 6 heteroatoms. The second-order valence-corrected chi connectivity index (χ2v) is 6.36.